The van der Waals surface area contributed by atoms with E-state index in [-0.39, 0.29) is 5.91 Å². The van der Waals surface area contributed by atoms with Crippen LogP contribution in [0.15, 0.2) is 36.5 Å². The Morgan fingerprint density at radius 1 is 1.04 bits per heavy atom. The number of nitrogens with zero attached hydrogens (tertiary/aromatic N) is 3. The molecule has 8 heteroatoms. The number of benzene rings is 1. The summed E-state index contributed by atoms with van der Waals surface area (Å²) in [5, 5.41) is 1.65. The Labute approximate surface area is 161 Å². The minimum absolute atomic E-state index is 0.376. The molecule has 1 aromatic carbocycles. The number of amides is 1. The van der Waals surface area contributed by atoms with Crippen molar-refractivity contribution in [3.05, 3.63) is 57.2 Å². The summed E-state index contributed by atoms with van der Waals surface area (Å²) in [5.41, 5.74) is 6.49. The van der Waals surface area contributed by atoms with E-state index in [1.807, 2.05) is 12.1 Å². The van der Waals surface area contributed by atoms with Crippen molar-refractivity contribution >= 4 is 46.5 Å². The van der Waals surface area contributed by atoms with Crippen molar-refractivity contribution in [3.8, 4) is 0 Å². The number of primary amides is 1. The first-order valence-electron chi connectivity index (χ1n) is 7.80. The average Bonchev–Trinajstić information content (AvgIpc) is 2.57. The molecule has 1 amide bonds. The highest BCUT2D eigenvalue weighted by Gasteiger charge is 2.29. The molecule has 2 heterocycles. The molecular weight excluding hydrogens is 383 g/mol. The first-order valence-corrected chi connectivity index (χ1v) is 8.94. The van der Waals surface area contributed by atoms with Gasteiger partial charge in [-0.1, -0.05) is 46.9 Å². The van der Waals surface area contributed by atoms with Gasteiger partial charge in [0.05, 0.1) is 10.0 Å². The maximum Gasteiger partial charge on any atom is 0.239 e. The summed E-state index contributed by atoms with van der Waals surface area (Å²) < 4.78 is 0. The van der Waals surface area contributed by atoms with E-state index >= 15 is 0 Å². The lowest BCUT2D eigenvalue weighted by Crippen LogP contribution is -2.50. The van der Waals surface area contributed by atoms with Crippen LogP contribution in [-0.2, 0) is 4.79 Å². The number of rotatable bonds is 4. The zero-order valence-corrected chi connectivity index (χ0v) is 15.6. The summed E-state index contributed by atoms with van der Waals surface area (Å²) in [6.45, 7) is 2.70. The Balaban J connectivity index is 1.73. The summed E-state index contributed by atoms with van der Waals surface area (Å²) in [6.07, 6.45) is 1.58. The molecule has 0 radical (unpaired) electrons. The van der Waals surface area contributed by atoms with Crippen LogP contribution in [-0.4, -0.2) is 42.0 Å². The highest BCUT2D eigenvalue weighted by atomic mass is 35.5. The van der Waals surface area contributed by atoms with Gasteiger partial charge in [-0.15, -0.1) is 0 Å². The van der Waals surface area contributed by atoms with Gasteiger partial charge in [-0.25, -0.2) is 4.98 Å². The first kappa shape index (κ1) is 18.3. The van der Waals surface area contributed by atoms with Gasteiger partial charge in [0.1, 0.15) is 11.9 Å². The van der Waals surface area contributed by atoms with Crippen LogP contribution in [0.2, 0.25) is 15.1 Å². The van der Waals surface area contributed by atoms with E-state index in [1.54, 1.807) is 24.4 Å². The Morgan fingerprint density at radius 3 is 2.24 bits per heavy atom. The van der Waals surface area contributed by atoms with Gasteiger partial charge in [0.25, 0.3) is 0 Å². The zero-order valence-electron chi connectivity index (χ0n) is 13.3. The number of aromatic nitrogens is 1. The van der Waals surface area contributed by atoms with Crippen molar-refractivity contribution in [2.24, 2.45) is 5.73 Å². The number of halogens is 3. The van der Waals surface area contributed by atoms with Crippen LogP contribution in [0.3, 0.4) is 0 Å². The van der Waals surface area contributed by atoms with Crippen LogP contribution in [0.25, 0.3) is 0 Å². The number of anilines is 1. The molecule has 0 unspecified atom stereocenters. The molecule has 25 heavy (non-hydrogen) atoms. The lowest BCUT2D eigenvalue weighted by molar-refractivity contribution is -0.123. The molecule has 1 aliphatic rings. The molecule has 2 aromatic rings. The maximum atomic E-state index is 12.0. The van der Waals surface area contributed by atoms with E-state index in [0.717, 1.165) is 5.56 Å². The summed E-state index contributed by atoms with van der Waals surface area (Å²) >= 11 is 18.1. The molecule has 2 N–H and O–H groups in total. The fraction of sp³-hybridized carbons (Fsp3) is 0.294. The fourth-order valence-electron chi connectivity index (χ4n) is 3.03. The van der Waals surface area contributed by atoms with Crippen molar-refractivity contribution in [1.82, 2.24) is 9.88 Å². The van der Waals surface area contributed by atoms with Gasteiger partial charge < -0.3 is 10.6 Å². The van der Waals surface area contributed by atoms with E-state index in [9.17, 15) is 4.79 Å². The van der Waals surface area contributed by atoms with Gasteiger partial charge in [-0.2, -0.15) is 0 Å². The van der Waals surface area contributed by atoms with Crippen molar-refractivity contribution in [2.45, 2.75) is 6.04 Å². The van der Waals surface area contributed by atoms with Crippen molar-refractivity contribution in [1.29, 1.82) is 0 Å². The van der Waals surface area contributed by atoms with Crippen LogP contribution in [0, 0.1) is 0 Å². The average molecular weight is 400 g/mol. The van der Waals surface area contributed by atoms with E-state index in [4.69, 9.17) is 40.5 Å². The lowest BCUT2D eigenvalue weighted by Gasteiger charge is -2.39. The molecule has 1 atom stereocenters. The summed E-state index contributed by atoms with van der Waals surface area (Å²) in [4.78, 5) is 20.5. The molecule has 0 saturated carbocycles. The molecule has 1 aromatic heterocycles. The minimum atomic E-state index is -0.479. The number of nitrogens with two attached hydrogens (primary N) is 1. The number of carbonyl (C=O) groups excluding carboxylic acids is 1. The smallest absolute Gasteiger partial charge is 0.239 e. The van der Waals surface area contributed by atoms with Gasteiger partial charge >= 0.3 is 0 Å². The van der Waals surface area contributed by atoms with Gasteiger partial charge in [-0.05, 0) is 23.8 Å². The Bertz CT molecular complexity index is 761. The number of hydrogen-bond donors (Lipinski definition) is 1. The van der Waals surface area contributed by atoms with Crippen molar-refractivity contribution in [3.63, 3.8) is 0 Å². The Hall–Kier alpha value is -1.53. The molecular formula is C17H17Cl3N4O. The predicted octanol–water partition coefficient (Wildman–Crippen LogP) is 3.39. The molecule has 1 aliphatic heterocycles. The van der Waals surface area contributed by atoms with Gasteiger partial charge in [0.2, 0.25) is 5.91 Å². The van der Waals surface area contributed by atoms with Crippen LogP contribution >= 0.6 is 34.8 Å². The number of pyridine rings is 1. The summed E-state index contributed by atoms with van der Waals surface area (Å²) in [7, 11) is 0. The summed E-state index contributed by atoms with van der Waals surface area (Å²) in [6, 6.07) is 8.40. The highest BCUT2D eigenvalue weighted by molar-refractivity contribution is 6.36. The molecule has 132 valence electrons. The lowest BCUT2D eigenvalue weighted by atomic mass is 10.0. The van der Waals surface area contributed by atoms with E-state index in [2.05, 4.69) is 14.8 Å². The topological polar surface area (TPSA) is 62.5 Å². The van der Waals surface area contributed by atoms with Gasteiger partial charge in [-0.3, -0.25) is 9.69 Å². The highest BCUT2D eigenvalue weighted by Crippen LogP contribution is 2.29. The molecule has 0 bridgehead atoms. The zero-order chi connectivity index (χ0) is 18.0. The third-order valence-corrected chi connectivity index (χ3v) is 4.96. The second kappa shape index (κ2) is 7.79. The molecule has 1 fully saturated rings. The van der Waals surface area contributed by atoms with Gasteiger partial charge in [0, 0.05) is 37.4 Å². The van der Waals surface area contributed by atoms with Crippen molar-refractivity contribution in [2.75, 3.05) is 31.1 Å². The molecule has 3 rings (SSSR count). The van der Waals surface area contributed by atoms with E-state index in [1.165, 1.54) is 0 Å². The SMILES string of the molecule is NC(=O)[C@@H](c1ccc(Cl)cc1)N1CCN(c2ncc(Cl)cc2Cl)CC1. The third-order valence-electron chi connectivity index (χ3n) is 4.22. The van der Waals surface area contributed by atoms with Crippen LogP contribution in [0.1, 0.15) is 11.6 Å². The third kappa shape index (κ3) is 4.18. The number of piperazine rings is 1. The van der Waals surface area contributed by atoms with Crippen molar-refractivity contribution < 1.29 is 4.79 Å². The largest absolute Gasteiger partial charge is 0.368 e. The second-order valence-corrected chi connectivity index (χ2v) is 7.12. The molecule has 0 spiro atoms. The fourth-order valence-corrected chi connectivity index (χ4v) is 3.66. The molecule has 1 saturated heterocycles. The van der Waals surface area contributed by atoms with Crippen LogP contribution in [0.4, 0.5) is 5.82 Å². The summed E-state index contributed by atoms with van der Waals surface area (Å²) in [5.74, 6) is 0.325. The Kier molecular flexibility index (Phi) is 5.69. The van der Waals surface area contributed by atoms with Crippen LogP contribution in [0.5, 0.6) is 0 Å². The second-order valence-electron chi connectivity index (χ2n) is 5.84. The molecule has 0 aliphatic carbocycles. The number of carbonyl (C=O) groups is 1. The minimum Gasteiger partial charge on any atom is -0.368 e. The monoisotopic (exact) mass is 398 g/mol. The first-order chi connectivity index (χ1) is 12.0. The quantitative estimate of drug-likeness (QED) is 0.856. The van der Waals surface area contributed by atoms with E-state index in [0.29, 0.717) is 47.1 Å². The van der Waals surface area contributed by atoms with E-state index < -0.39 is 6.04 Å². The van der Waals surface area contributed by atoms with Crippen LogP contribution < -0.4 is 10.6 Å². The van der Waals surface area contributed by atoms with Gasteiger partial charge in [0.15, 0.2) is 0 Å². The molecule has 5 nitrogen and oxygen atoms in total. The Morgan fingerprint density at radius 2 is 1.68 bits per heavy atom. The predicted molar refractivity (Wildman–Crippen MR) is 101 cm³/mol. The number of hydrogen-bond acceptors (Lipinski definition) is 4. The maximum absolute atomic E-state index is 12.0. The normalized spacial score (nSPS) is 16.7. The standard InChI is InChI=1S/C17H17Cl3N4O/c18-12-3-1-11(2-4-12)15(16(21)25)23-5-7-24(8-6-23)17-14(20)9-13(19)10-22-17/h1-4,9-10,15H,5-8H2,(H2,21,25)/t15-/m1/s1.